The summed E-state index contributed by atoms with van der Waals surface area (Å²) >= 11 is 0. The molecule has 1 fully saturated rings. The molecule has 110 valence electrons. The molecule has 2 N–H and O–H groups in total. The van der Waals surface area contributed by atoms with Crippen molar-refractivity contribution < 1.29 is 9.47 Å². The Labute approximate surface area is 120 Å². The summed E-state index contributed by atoms with van der Waals surface area (Å²) in [5.41, 5.74) is 1.60. The summed E-state index contributed by atoms with van der Waals surface area (Å²) in [6, 6.07) is 8.12. The van der Waals surface area contributed by atoms with E-state index in [2.05, 4.69) is 16.7 Å². The second-order valence-electron chi connectivity index (χ2n) is 5.99. The zero-order valence-electron chi connectivity index (χ0n) is 12.2. The van der Waals surface area contributed by atoms with E-state index in [4.69, 9.17) is 9.47 Å². The lowest BCUT2D eigenvalue weighted by Gasteiger charge is -2.28. The third-order valence-corrected chi connectivity index (χ3v) is 4.37. The Bertz CT molecular complexity index is 446. The van der Waals surface area contributed by atoms with Crippen LogP contribution in [0.15, 0.2) is 24.3 Å². The van der Waals surface area contributed by atoms with Gasteiger partial charge in [-0.05, 0) is 36.8 Å². The van der Waals surface area contributed by atoms with E-state index >= 15 is 0 Å². The molecule has 4 heteroatoms. The van der Waals surface area contributed by atoms with Crippen LogP contribution in [-0.2, 0) is 4.74 Å². The zero-order valence-corrected chi connectivity index (χ0v) is 12.2. The summed E-state index contributed by atoms with van der Waals surface area (Å²) < 4.78 is 11.2. The first-order valence-corrected chi connectivity index (χ1v) is 7.51. The monoisotopic (exact) mass is 276 g/mol. The number of para-hydroxylation sites is 2. The van der Waals surface area contributed by atoms with Gasteiger partial charge in [-0.2, -0.15) is 0 Å². The summed E-state index contributed by atoms with van der Waals surface area (Å²) in [4.78, 5) is 0. The number of fused-ring (bicyclic) bond motifs is 1. The van der Waals surface area contributed by atoms with Gasteiger partial charge in [-0.3, -0.25) is 0 Å². The first-order valence-electron chi connectivity index (χ1n) is 7.51. The van der Waals surface area contributed by atoms with Gasteiger partial charge in [-0.1, -0.05) is 12.1 Å². The Balaban J connectivity index is 1.42. The molecular formula is C16H24N2O2. The van der Waals surface area contributed by atoms with Crippen molar-refractivity contribution in [3.63, 3.8) is 0 Å². The number of ether oxygens (including phenoxy) is 2. The molecule has 2 aliphatic rings. The van der Waals surface area contributed by atoms with Crippen LogP contribution in [0.1, 0.15) is 19.3 Å². The highest BCUT2D eigenvalue weighted by molar-refractivity contribution is 5.57. The fourth-order valence-electron chi connectivity index (χ4n) is 2.78. The molecule has 0 radical (unpaired) electrons. The first kappa shape index (κ1) is 13.7. The minimum absolute atomic E-state index is 0.211. The number of nitrogens with one attached hydrogen (secondary N) is 2. The Morgan fingerprint density at radius 2 is 2.25 bits per heavy atom. The maximum absolute atomic E-state index is 6.00. The molecule has 1 aliphatic heterocycles. The van der Waals surface area contributed by atoms with Gasteiger partial charge < -0.3 is 20.1 Å². The van der Waals surface area contributed by atoms with Crippen LogP contribution >= 0.6 is 0 Å². The summed E-state index contributed by atoms with van der Waals surface area (Å²) in [5, 5.41) is 7.00. The molecule has 0 aromatic heterocycles. The van der Waals surface area contributed by atoms with Crippen molar-refractivity contribution in [1.29, 1.82) is 0 Å². The molecule has 1 unspecified atom stereocenters. The average Bonchev–Trinajstić information content (AvgIpc) is 3.25. The maximum atomic E-state index is 6.00. The van der Waals surface area contributed by atoms with E-state index in [9.17, 15) is 0 Å². The number of anilines is 1. The Morgan fingerprint density at radius 1 is 1.40 bits per heavy atom. The molecule has 1 aromatic carbocycles. The molecule has 3 rings (SSSR count). The van der Waals surface area contributed by atoms with Crippen LogP contribution in [0.4, 0.5) is 5.69 Å². The van der Waals surface area contributed by atoms with Gasteiger partial charge in [0.1, 0.15) is 11.9 Å². The van der Waals surface area contributed by atoms with Crippen molar-refractivity contribution in [2.24, 2.45) is 5.41 Å². The molecule has 0 amide bonds. The van der Waals surface area contributed by atoms with Gasteiger partial charge in [0.05, 0.1) is 12.2 Å². The van der Waals surface area contributed by atoms with E-state index in [1.165, 1.54) is 19.3 Å². The molecule has 0 saturated heterocycles. The standard InChI is InChI=1S/C16H24N2O2/c1-19-9-8-16(6-7-16)12-17-10-13-11-18-14-4-2-3-5-15(14)20-13/h2-5,13,17-18H,6-12H2,1H3. The topological polar surface area (TPSA) is 42.5 Å². The van der Waals surface area contributed by atoms with E-state index < -0.39 is 0 Å². The van der Waals surface area contributed by atoms with Crippen LogP contribution in [0.5, 0.6) is 5.75 Å². The highest BCUT2D eigenvalue weighted by atomic mass is 16.5. The molecule has 0 bridgehead atoms. The quantitative estimate of drug-likeness (QED) is 0.802. The van der Waals surface area contributed by atoms with Crippen molar-refractivity contribution in [3.05, 3.63) is 24.3 Å². The summed E-state index contributed by atoms with van der Waals surface area (Å²) in [6.07, 6.45) is 4.04. The van der Waals surface area contributed by atoms with Crippen molar-refractivity contribution in [3.8, 4) is 5.75 Å². The molecule has 1 heterocycles. The molecule has 1 aliphatic carbocycles. The summed E-state index contributed by atoms with van der Waals surface area (Å²) in [7, 11) is 1.78. The number of rotatable bonds is 7. The van der Waals surface area contributed by atoms with E-state index in [-0.39, 0.29) is 6.10 Å². The highest BCUT2D eigenvalue weighted by Crippen LogP contribution is 2.48. The summed E-state index contributed by atoms with van der Waals surface area (Å²) in [5.74, 6) is 0.964. The second kappa shape index (κ2) is 6.02. The minimum Gasteiger partial charge on any atom is -0.485 e. The SMILES string of the molecule is COCCC1(CNCC2CNc3ccccc3O2)CC1. The molecule has 20 heavy (non-hydrogen) atoms. The number of benzene rings is 1. The van der Waals surface area contributed by atoms with E-state index in [1.807, 2.05) is 18.2 Å². The van der Waals surface area contributed by atoms with Crippen molar-refractivity contribution in [2.45, 2.75) is 25.4 Å². The predicted molar refractivity (Wildman–Crippen MR) is 80.4 cm³/mol. The normalized spacial score (nSPS) is 22.6. The number of hydrogen-bond acceptors (Lipinski definition) is 4. The van der Waals surface area contributed by atoms with Gasteiger partial charge in [-0.15, -0.1) is 0 Å². The number of methoxy groups -OCH3 is 1. The highest BCUT2D eigenvalue weighted by Gasteiger charge is 2.41. The lowest BCUT2D eigenvalue weighted by atomic mass is 10.0. The minimum atomic E-state index is 0.211. The lowest BCUT2D eigenvalue weighted by Crippen LogP contribution is -2.41. The maximum Gasteiger partial charge on any atom is 0.142 e. The van der Waals surface area contributed by atoms with Crippen LogP contribution in [0, 0.1) is 5.41 Å². The van der Waals surface area contributed by atoms with E-state index in [0.717, 1.165) is 37.7 Å². The van der Waals surface area contributed by atoms with Gasteiger partial charge in [-0.25, -0.2) is 0 Å². The van der Waals surface area contributed by atoms with Gasteiger partial charge in [0.2, 0.25) is 0 Å². The molecule has 1 atom stereocenters. The Kier molecular flexibility index (Phi) is 4.13. The second-order valence-corrected chi connectivity index (χ2v) is 5.99. The van der Waals surface area contributed by atoms with Gasteiger partial charge >= 0.3 is 0 Å². The molecule has 4 nitrogen and oxygen atoms in total. The fourth-order valence-corrected chi connectivity index (χ4v) is 2.78. The smallest absolute Gasteiger partial charge is 0.142 e. The van der Waals surface area contributed by atoms with Gasteiger partial charge in [0.25, 0.3) is 0 Å². The van der Waals surface area contributed by atoms with Gasteiger partial charge in [0, 0.05) is 26.8 Å². The first-order chi connectivity index (χ1) is 9.81. The van der Waals surface area contributed by atoms with Gasteiger partial charge in [0.15, 0.2) is 0 Å². The molecule has 0 spiro atoms. The van der Waals surface area contributed by atoms with E-state index in [0.29, 0.717) is 5.41 Å². The van der Waals surface area contributed by atoms with Crippen LogP contribution in [0.25, 0.3) is 0 Å². The molecule has 1 saturated carbocycles. The van der Waals surface area contributed by atoms with Crippen molar-refractivity contribution >= 4 is 5.69 Å². The average molecular weight is 276 g/mol. The summed E-state index contributed by atoms with van der Waals surface area (Å²) in [6.45, 7) is 3.72. The third-order valence-electron chi connectivity index (χ3n) is 4.37. The van der Waals surface area contributed by atoms with Crippen LogP contribution < -0.4 is 15.4 Å². The zero-order chi connectivity index (χ0) is 13.8. The number of hydrogen-bond donors (Lipinski definition) is 2. The van der Waals surface area contributed by atoms with Crippen LogP contribution in [0.3, 0.4) is 0 Å². The van der Waals surface area contributed by atoms with E-state index in [1.54, 1.807) is 7.11 Å². The van der Waals surface area contributed by atoms with Crippen molar-refractivity contribution in [2.75, 3.05) is 38.7 Å². The fraction of sp³-hybridized carbons (Fsp3) is 0.625. The lowest BCUT2D eigenvalue weighted by molar-refractivity contribution is 0.166. The third kappa shape index (κ3) is 3.25. The molecular weight excluding hydrogens is 252 g/mol. The predicted octanol–water partition coefficient (Wildman–Crippen LogP) is 2.27. The van der Waals surface area contributed by atoms with Crippen LogP contribution in [0.2, 0.25) is 0 Å². The largest absolute Gasteiger partial charge is 0.485 e. The van der Waals surface area contributed by atoms with Crippen molar-refractivity contribution in [1.82, 2.24) is 5.32 Å². The van der Waals surface area contributed by atoms with Crippen LogP contribution in [-0.4, -0.2) is 39.5 Å². The Hall–Kier alpha value is -1.26. The Morgan fingerprint density at radius 3 is 3.05 bits per heavy atom. The molecule has 1 aromatic rings.